The molecule has 1 aromatic heterocycles. The Morgan fingerprint density at radius 1 is 1.09 bits per heavy atom. The summed E-state index contributed by atoms with van der Waals surface area (Å²) in [4.78, 5) is 33.4. The summed E-state index contributed by atoms with van der Waals surface area (Å²) in [6.45, 7) is 4.01. The number of hydrogen-bond donors (Lipinski definition) is 0. The molecule has 1 amide bonds. The van der Waals surface area contributed by atoms with Gasteiger partial charge in [-0.25, -0.2) is 4.98 Å². The maximum atomic E-state index is 13.5. The Hall–Kier alpha value is -3.09. The zero-order valence-corrected chi connectivity index (χ0v) is 19.9. The van der Waals surface area contributed by atoms with E-state index in [4.69, 9.17) is 16.6 Å². The molecule has 5 rings (SSSR count). The maximum Gasteiger partial charge on any atom is 0.266 e. The van der Waals surface area contributed by atoms with Crippen LogP contribution in [0, 0.1) is 6.92 Å². The molecular weight excluding hydrogens is 454 g/mol. The third-order valence-electron chi connectivity index (χ3n) is 5.96. The van der Waals surface area contributed by atoms with Crippen molar-refractivity contribution in [3.63, 3.8) is 0 Å². The first kappa shape index (κ1) is 21.7. The summed E-state index contributed by atoms with van der Waals surface area (Å²) in [5.41, 5.74) is 4.18. The maximum absolute atomic E-state index is 13.5. The Morgan fingerprint density at radius 2 is 1.82 bits per heavy atom. The monoisotopic (exact) mass is 475 g/mol. The third kappa shape index (κ3) is 3.94. The lowest BCUT2D eigenvalue weighted by molar-refractivity contribution is -0.116. The number of halogens is 1. The molecule has 33 heavy (non-hydrogen) atoms. The molecule has 1 aliphatic heterocycles. The van der Waals surface area contributed by atoms with Gasteiger partial charge in [0, 0.05) is 16.8 Å². The topological polar surface area (TPSA) is 55.2 Å². The molecule has 4 aromatic rings. The number of hydrogen-bond acceptors (Lipinski definition) is 4. The molecule has 0 spiro atoms. The van der Waals surface area contributed by atoms with Gasteiger partial charge in [-0.1, -0.05) is 59.8 Å². The molecule has 5 nitrogen and oxygen atoms in total. The van der Waals surface area contributed by atoms with Crippen LogP contribution in [0.15, 0.2) is 76.7 Å². The lowest BCUT2D eigenvalue weighted by Gasteiger charge is -2.23. The third-order valence-corrected chi connectivity index (χ3v) is 7.12. The van der Waals surface area contributed by atoms with Crippen molar-refractivity contribution in [1.82, 2.24) is 9.55 Å². The molecule has 0 bridgehead atoms. The minimum Gasteiger partial charge on any atom is -0.308 e. The van der Waals surface area contributed by atoms with Gasteiger partial charge >= 0.3 is 0 Å². The molecule has 1 aliphatic rings. The van der Waals surface area contributed by atoms with E-state index in [0.717, 1.165) is 23.4 Å². The molecule has 1 atom stereocenters. The van der Waals surface area contributed by atoms with Crippen LogP contribution in [0.5, 0.6) is 0 Å². The Kier molecular flexibility index (Phi) is 5.72. The summed E-state index contributed by atoms with van der Waals surface area (Å²) >= 11 is 7.44. The molecular formula is C26H22ClN3O2S. The van der Waals surface area contributed by atoms with Gasteiger partial charge < -0.3 is 4.90 Å². The van der Waals surface area contributed by atoms with E-state index < -0.39 is 0 Å². The Morgan fingerprint density at radius 3 is 2.61 bits per heavy atom. The number of para-hydroxylation sites is 2. The average molecular weight is 476 g/mol. The van der Waals surface area contributed by atoms with Crippen LogP contribution in [-0.4, -0.2) is 27.3 Å². The number of fused-ring (bicyclic) bond motifs is 2. The average Bonchev–Trinajstić information content (AvgIpc) is 3.14. The first-order valence-corrected chi connectivity index (χ1v) is 12.1. The Labute approximate surface area is 201 Å². The van der Waals surface area contributed by atoms with Crippen molar-refractivity contribution >= 4 is 45.9 Å². The van der Waals surface area contributed by atoms with Crippen molar-refractivity contribution in [1.29, 1.82) is 0 Å². The number of benzene rings is 3. The number of anilines is 1. The fourth-order valence-electron chi connectivity index (χ4n) is 4.40. The number of aromatic nitrogens is 2. The highest BCUT2D eigenvalue weighted by molar-refractivity contribution is 7.99. The zero-order valence-electron chi connectivity index (χ0n) is 18.3. The predicted molar refractivity (Wildman–Crippen MR) is 135 cm³/mol. The highest BCUT2D eigenvalue weighted by Crippen LogP contribution is 2.33. The van der Waals surface area contributed by atoms with Crippen molar-refractivity contribution in [2.24, 2.45) is 0 Å². The van der Waals surface area contributed by atoms with Crippen molar-refractivity contribution in [3.8, 4) is 5.69 Å². The molecule has 7 heteroatoms. The van der Waals surface area contributed by atoms with Crippen molar-refractivity contribution in [3.05, 3.63) is 93.2 Å². The van der Waals surface area contributed by atoms with E-state index in [1.807, 2.05) is 54.3 Å². The highest BCUT2D eigenvalue weighted by Gasteiger charge is 2.30. The van der Waals surface area contributed by atoms with Gasteiger partial charge in [0.1, 0.15) is 0 Å². The number of nitrogens with zero attached hydrogens (tertiary/aromatic N) is 3. The molecule has 0 aliphatic carbocycles. The smallest absolute Gasteiger partial charge is 0.266 e. The molecule has 3 aromatic carbocycles. The number of carbonyl (C=O) groups is 1. The molecule has 0 unspecified atom stereocenters. The molecule has 0 saturated heterocycles. The quantitative estimate of drug-likeness (QED) is 0.292. The largest absolute Gasteiger partial charge is 0.308 e. The molecule has 2 heterocycles. The molecule has 0 fully saturated rings. The Bertz CT molecular complexity index is 1450. The van der Waals surface area contributed by atoms with E-state index in [0.29, 0.717) is 21.1 Å². The van der Waals surface area contributed by atoms with E-state index >= 15 is 0 Å². The van der Waals surface area contributed by atoms with Crippen LogP contribution in [0.4, 0.5) is 5.69 Å². The second kappa shape index (κ2) is 8.69. The summed E-state index contributed by atoms with van der Waals surface area (Å²) in [6.07, 6.45) is 0.840. The van der Waals surface area contributed by atoms with Gasteiger partial charge in [0.15, 0.2) is 5.16 Å². The summed E-state index contributed by atoms with van der Waals surface area (Å²) in [5.74, 6) is 0.164. The normalized spacial score (nSPS) is 15.1. The minimum atomic E-state index is -0.180. The second-order valence-corrected chi connectivity index (χ2v) is 9.60. The fourth-order valence-corrected chi connectivity index (χ4v) is 5.43. The first-order chi connectivity index (χ1) is 15.9. The highest BCUT2D eigenvalue weighted by atomic mass is 35.5. The molecule has 0 radical (unpaired) electrons. The van der Waals surface area contributed by atoms with E-state index in [1.165, 1.54) is 17.3 Å². The van der Waals surface area contributed by atoms with Crippen LogP contribution in [0.3, 0.4) is 0 Å². The minimum absolute atomic E-state index is 0.00535. The van der Waals surface area contributed by atoms with Gasteiger partial charge in [-0.3, -0.25) is 14.2 Å². The lowest BCUT2D eigenvalue weighted by Crippen LogP contribution is -2.37. The van der Waals surface area contributed by atoms with Crippen LogP contribution in [0.25, 0.3) is 16.6 Å². The Balaban J connectivity index is 1.55. The van der Waals surface area contributed by atoms with Gasteiger partial charge in [0.2, 0.25) is 5.91 Å². The van der Waals surface area contributed by atoms with Crippen molar-refractivity contribution < 1.29 is 4.79 Å². The number of thioether (sulfide) groups is 1. The van der Waals surface area contributed by atoms with Crippen molar-refractivity contribution in [2.45, 2.75) is 31.5 Å². The van der Waals surface area contributed by atoms with E-state index in [1.54, 1.807) is 22.8 Å². The van der Waals surface area contributed by atoms with E-state index in [9.17, 15) is 9.59 Å². The van der Waals surface area contributed by atoms with E-state index in [-0.39, 0.29) is 23.3 Å². The summed E-state index contributed by atoms with van der Waals surface area (Å²) < 4.78 is 1.60. The summed E-state index contributed by atoms with van der Waals surface area (Å²) in [6, 6.07) is 20.8. The number of amides is 1. The van der Waals surface area contributed by atoms with E-state index in [2.05, 4.69) is 13.0 Å². The fraction of sp³-hybridized carbons (Fsp3) is 0.192. The molecule has 0 saturated carbocycles. The number of aryl methyl sites for hydroxylation is 1. The van der Waals surface area contributed by atoms with Gasteiger partial charge in [0.05, 0.1) is 22.3 Å². The van der Waals surface area contributed by atoms with Crippen LogP contribution in [0.1, 0.15) is 18.1 Å². The van der Waals surface area contributed by atoms with Crippen LogP contribution < -0.4 is 10.5 Å². The summed E-state index contributed by atoms with van der Waals surface area (Å²) in [5, 5.41) is 1.47. The van der Waals surface area contributed by atoms with Crippen LogP contribution in [0.2, 0.25) is 5.02 Å². The molecule has 166 valence electrons. The predicted octanol–water partition coefficient (Wildman–Crippen LogP) is 5.42. The van der Waals surface area contributed by atoms with Gasteiger partial charge in [-0.05, 0) is 61.7 Å². The van der Waals surface area contributed by atoms with Gasteiger partial charge in [-0.15, -0.1) is 0 Å². The second-order valence-electron chi connectivity index (χ2n) is 8.22. The zero-order chi connectivity index (χ0) is 23.1. The number of carbonyl (C=O) groups excluding carboxylic acids is 1. The lowest BCUT2D eigenvalue weighted by atomic mass is 10.1. The molecule has 0 N–H and O–H groups in total. The van der Waals surface area contributed by atoms with Gasteiger partial charge in [0.25, 0.3) is 5.56 Å². The van der Waals surface area contributed by atoms with Crippen molar-refractivity contribution in [2.75, 3.05) is 10.7 Å². The van der Waals surface area contributed by atoms with Crippen LogP contribution in [-0.2, 0) is 11.2 Å². The SMILES string of the molecule is Cc1ccccc1-n1c(SCC(=O)N2c3ccccc3C[C@H]2C)nc2cc(Cl)ccc2c1=O. The first-order valence-electron chi connectivity index (χ1n) is 10.7. The standard InChI is InChI=1S/C26H22ClN3O2S/c1-16-7-3-5-9-22(16)30-25(32)20-12-11-19(27)14-21(20)28-26(30)33-15-24(31)29-17(2)13-18-8-4-6-10-23(18)29/h3-12,14,17H,13,15H2,1-2H3/t17-/m1/s1. The van der Waals surface area contributed by atoms with Gasteiger partial charge in [-0.2, -0.15) is 0 Å². The number of rotatable bonds is 4. The summed E-state index contributed by atoms with van der Waals surface area (Å²) in [7, 11) is 0. The van der Waals surface area contributed by atoms with Crippen LogP contribution >= 0.6 is 23.4 Å².